The van der Waals surface area contributed by atoms with Gasteiger partial charge in [-0.3, -0.25) is 4.79 Å². The second kappa shape index (κ2) is 10.2. The number of rotatable bonds is 6. The Morgan fingerprint density at radius 1 is 1.16 bits per heavy atom. The highest BCUT2D eigenvalue weighted by molar-refractivity contribution is 9.09. The van der Waals surface area contributed by atoms with Crippen LogP contribution in [0, 0.1) is 0 Å². The minimum atomic E-state index is -0.971. The predicted molar refractivity (Wildman–Crippen MR) is 129 cm³/mol. The summed E-state index contributed by atoms with van der Waals surface area (Å²) in [6, 6.07) is 13.3. The van der Waals surface area contributed by atoms with Crippen molar-refractivity contribution in [3.8, 4) is 5.75 Å². The number of amides is 1. The minimum Gasteiger partial charge on any atom is -0.491 e. The van der Waals surface area contributed by atoms with E-state index in [1.54, 1.807) is 19.1 Å². The summed E-state index contributed by atoms with van der Waals surface area (Å²) < 4.78 is 18.2. The Morgan fingerprint density at radius 2 is 1.88 bits per heavy atom. The molecule has 2 aliphatic rings. The summed E-state index contributed by atoms with van der Waals surface area (Å²) >= 11 is 15.9. The Balaban J connectivity index is 1.32. The van der Waals surface area contributed by atoms with E-state index in [4.69, 9.17) is 37.4 Å². The number of benzene rings is 2. The van der Waals surface area contributed by atoms with Crippen molar-refractivity contribution in [1.82, 2.24) is 4.90 Å². The van der Waals surface area contributed by atoms with Crippen LogP contribution in [0.1, 0.15) is 12.5 Å². The van der Waals surface area contributed by atoms with E-state index in [1.807, 2.05) is 35.2 Å². The number of halogens is 3. The van der Waals surface area contributed by atoms with Crippen molar-refractivity contribution in [2.45, 2.75) is 18.8 Å². The zero-order valence-electron chi connectivity index (χ0n) is 17.7. The fourth-order valence-corrected chi connectivity index (χ4v) is 5.10. The van der Waals surface area contributed by atoms with Gasteiger partial charge in [0.1, 0.15) is 18.5 Å². The second-order valence-corrected chi connectivity index (χ2v) is 9.26. The monoisotopic (exact) mass is 542 g/mol. The number of nitrogens with zero attached hydrogens (tertiary/aromatic N) is 2. The van der Waals surface area contributed by atoms with Gasteiger partial charge in [-0.05, 0) is 36.4 Å². The van der Waals surface area contributed by atoms with E-state index in [0.29, 0.717) is 28.6 Å². The number of carbonyl (C=O) groups excluding carboxylic acids is 1. The number of ether oxygens (including phenoxy) is 3. The molecule has 6 nitrogen and oxygen atoms in total. The van der Waals surface area contributed by atoms with Crippen LogP contribution in [0.4, 0.5) is 5.69 Å². The molecule has 0 N–H and O–H groups in total. The maximum Gasteiger partial charge on any atom is 0.219 e. The first-order valence-corrected chi connectivity index (χ1v) is 12.3. The number of anilines is 1. The summed E-state index contributed by atoms with van der Waals surface area (Å²) in [7, 11) is 0. The molecule has 0 aliphatic carbocycles. The largest absolute Gasteiger partial charge is 0.491 e. The van der Waals surface area contributed by atoms with Gasteiger partial charge in [-0.25, -0.2) is 0 Å². The van der Waals surface area contributed by atoms with Crippen LogP contribution < -0.4 is 9.64 Å². The van der Waals surface area contributed by atoms with Crippen LogP contribution >= 0.6 is 39.1 Å². The molecule has 0 unspecified atom stereocenters. The standard InChI is InChI=1S/C23H25BrCl2N2O4/c1-16(29)27-8-10-28(11-9-27)18-3-5-19(6-4-18)30-13-20-14-31-23(15-24,32-20)21-7-2-17(25)12-22(21)26/h2-7,12,20H,8-11,13-15H2,1H3/t20-,23-/m0/s1. The lowest BCUT2D eigenvalue weighted by Gasteiger charge is -2.35. The number of alkyl halides is 1. The van der Waals surface area contributed by atoms with Crippen LogP contribution in [0.15, 0.2) is 42.5 Å². The molecule has 9 heteroatoms. The van der Waals surface area contributed by atoms with Gasteiger partial charge in [0.2, 0.25) is 11.7 Å². The van der Waals surface area contributed by atoms with E-state index < -0.39 is 5.79 Å². The van der Waals surface area contributed by atoms with Gasteiger partial charge in [0, 0.05) is 49.4 Å². The third kappa shape index (κ3) is 5.18. The first-order valence-electron chi connectivity index (χ1n) is 10.5. The Bertz CT molecular complexity index is 954. The van der Waals surface area contributed by atoms with Gasteiger partial charge in [0.05, 0.1) is 17.0 Å². The molecule has 2 aromatic carbocycles. The maximum atomic E-state index is 11.5. The quantitative estimate of drug-likeness (QED) is 0.494. The number of hydrogen-bond acceptors (Lipinski definition) is 5. The maximum absolute atomic E-state index is 11.5. The van der Waals surface area contributed by atoms with Gasteiger partial charge >= 0.3 is 0 Å². The molecule has 1 amide bonds. The van der Waals surface area contributed by atoms with Gasteiger partial charge in [0.25, 0.3) is 0 Å². The third-order valence-electron chi connectivity index (χ3n) is 5.74. The van der Waals surface area contributed by atoms with Crippen LogP contribution in [-0.2, 0) is 20.1 Å². The lowest BCUT2D eigenvalue weighted by molar-refractivity contribution is -0.159. The van der Waals surface area contributed by atoms with E-state index in [-0.39, 0.29) is 12.0 Å². The molecule has 2 atom stereocenters. The van der Waals surface area contributed by atoms with E-state index in [2.05, 4.69) is 20.8 Å². The van der Waals surface area contributed by atoms with Gasteiger partial charge in [-0.15, -0.1) is 0 Å². The fourth-order valence-electron chi connectivity index (χ4n) is 3.95. The highest BCUT2D eigenvalue weighted by Crippen LogP contribution is 2.40. The first kappa shape index (κ1) is 23.6. The average Bonchev–Trinajstić information content (AvgIpc) is 3.22. The van der Waals surface area contributed by atoms with Crippen LogP contribution in [0.25, 0.3) is 0 Å². The third-order valence-corrected chi connectivity index (χ3v) is 7.03. The lowest BCUT2D eigenvalue weighted by Crippen LogP contribution is -2.48. The van der Waals surface area contributed by atoms with Crippen molar-refractivity contribution in [2.24, 2.45) is 0 Å². The second-order valence-electron chi connectivity index (χ2n) is 7.86. The molecule has 32 heavy (non-hydrogen) atoms. The van der Waals surface area contributed by atoms with Crippen LogP contribution in [-0.4, -0.2) is 61.6 Å². The normalized spacial score (nSPS) is 23.4. The van der Waals surface area contributed by atoms with Crippen molar-refractivity contribution < 1.29 is 19.0 Å². The Labute approximate surface area is 206 Å². The number of piperazine rings is 1. The first-order chi connectivity index (χ1) is 15.4. The molecule has 0 saturated carbocycles. The number of carbonyl (C=O) groups is 1. The lowest BCUT2D eigenvalue weighted by atomic mass is 10.1. The SMILES string of the molecule is CC(=O)N1CCN(c2ccc(OC[C@H]3CO[C@](CBr)(c4ccc(Cl)cc4Cl)O3)cc2)CC1. The van der Waals surface area contributed by atoms with E-state index in [0.717, 1.165) is 43.2 Å². The molecule has 2 heterocycles. The molecule has 172 valence electrons. The molecular formula is C23H25BrCl2N2O4. The molecule has 2 aliphatic heterocycles. The number of hydrogen-bond donors (Lipinski definition) is 0. The Kier molecular flexibility index (Phi) is 7.52. The summed E-state index contributed by atoms with van der Waals surface area (Å²) in [5.41, 5.74) is 1.86. The molecule has 0 radical (unpaired) electrons. The van der Waals surface area contributed by atoms with E-state index in [1.165, 1.54) is 0 Å². The summed E-state index contributed by atoms with van der Waals surface area (Å²) in [6.45, 7) is 5.52. The fraction of sp³-hybridized carbons (Fsp3) is 0.435. The highest BCUT2D eigenvalue weighted by Gasteiger charge is 2.44. The van der Waals surface area contributed by atoms with Gasteiger partial charge in [-0.2, -0.15) is 0 Å². The minimum absolute atomic E-state index is 0.133. The van der Waals surface area contributed by atoms with Crippen molar-refractivity contribution >= 4 is 50.7 Å². The van der Waals surface area contributed by atoms with Crippen molar-refractivity contribution in [3.63, 3.8) is 0 Å². The zero-order valence-corrected chi connectivity index (χ0v) is 20.8. The highest BCUT2D eigenvalue weighted by atomic mass is 79.9. The molecular weight excluding hydrogens is 519 g/mol. The smallest absolute Gasteiger partial charge is 0.219 e. The summed E-state index contributed by atoms with van der Waals surface area (Å²) in [5.74, 6) is -0.0731. The summed E-state index contributed by atoms with van der Waals surface area (Å²) in [6.07, 6.45) is -0.237. The van der Waals surface area contributed by atoms with E-state index >= 15 is 0 Å². The van der Waals surface area contributed by atoms with Gasteiger partial charge < -0.3 is 24.0 Å². The summed E-state index contributed by atoms with van der Waals surface area (Å²) in [5, 5.41) is 1.49. The summed E-state index contributed by atoms with van der Waals surface area (Å²) in [4.78, 5) is 15.6. The van der Waals surface area contributed by atoms with Gasteiger partial charge in [0.15, 0.2) is 0 Å². The van der Waals surface area contributed by atoms with E-state index in [9.17, 15) is 4.79 Å². The van der Waals surface area contributed by atoms with Crippen LogP contribution in [0.5, 0.6) is 5.75 Å². The molecule has 0 spiro atoms. The molecule has 2 saturated heterocycles. The van der Waals surface area contributed by atoms with Crippen molar-refractivity contribution in [3.05, 3.63) is 58.1 Å². The average molecular weight is 544 g/mol. The molecule has 0 bridgehead atoms. The predicted octanol–water partition coefficient (Wildman–Crippen LogP) is 4.70. The molecule has 2 fully saturated rings. The molecule has 2 aromatic rings. The van der Waals surface area contributed by atoms with Crippen molar-refractivity contribution in [2.75, 3.05) is 49.6 Å². The van der Waals surface area contributed by atoms with Crippen LogP contribution in [0.3, 0.4) is 0 Å². The molecule has 4 rings (SSSR count). The topological polar surface area (TPSA) is 51.2 Å². The van der Waals surface area contributed by atoms with Crippen LogP contribution in [0.2, 0.25) is 10.0 Å². The Hall–Kier alpha value is -1.51. The van der Waals surface area contributed by atoms with Gasteiger partial charge in [-0.1, -0.05) is 45.2 Å². The zero-order chi connectivity index (χ0) is 22.7. The molecule has 0 aromatic heterocycles. The Morgan fingerprint density at radius 3 is 2.50 bits per heavy atom. The van der Waals surface area contributed by atoms with Crippen molar-refractivity contribution in [1.29, 1.82) is 0 Å².